The molecule has 0 radical (unpaired) electrons. The lowest BCUT2D eigenvalue weighted by Crippen LogP contribution is -2.01. The highest BCUT2D eigenvalue weighted by atomic mass is 16.5. The first-order valence-corrected chi connectivity index (χ1v) is 11.7. The third kappa shape index (κ3) is 13.2. The zero-order valence-electron chi connectivity index (χ0n) is 18.6. The maximum atomic E-state index is 11.0. The van der Waals surface area contributed by atoms with Crippen LogP contribution >= 0.6 is 0 Å². The second-order valence-corrected chi connectivity index (χ2v) is 8.61. The predicted molar refractivity (Wildman–Crippen MR) is 120 cm³/mol. The number of carbonyl (C=O) groups is 1. The summed E-state index contributed by atoms with van der Waals surface area (Å²) in [5.41, 5.74) is -0.117. The van der Waals surface area contributed by atoms with Crippen molar-refractivity contribution in [2.45, 2.75) is 104 Å². The quantitative estimate of drug-likeness (QED) is 0.246. The Balaban J connectivity index is 1.87. The van der Waals surface area contributed by atoms with Gasteiger partial charge in [-0.05, 0) is 30.5 Å². The van der Waals surface area contributed by atoms with Crippen LogP contribution in [-0.4, -0.2) is 22.8 Å². The number of hydrogen-bond donors (Lipinski definition) is 2. The molecule has 0 aliphatic heterocycles. The predicted octanol–water partition coefficient (Wildman–Crippen LogP) is 7.59. The van der Waals surface area contributed by atoms with E-state index in [9.17, 15) is 9.90 Å². The molecule has 1 rings (SSSR count). The van der Waals surface area contributed by atoms with Crippen LogP contribution in [-0.2, 0) is 0 Å². The highest BCUT2D eigenvalue weighted by Crippen LogP contribution is 2.23. The van der Waals surface area contributed by atoms with E-state index in [1.807, 2.05) is 0 Å². The Morgan fingerprint density at radius 3 is 1.79 bits per heavy atom. The molecular formula is C25H42O4. The largest absolute Gasteiger partial charge is 0.507 e. The van der Waals surface area contributed by atoms with Crippen molar-refractivity contribution in [1.82, 2.24) is 0 Å². The fourth-order valence-corrected chi connectivity index (χ4v) is 3.57. The average molecular weight is 407 g/mol. The van der Waals surface area contributed by atoms with E-state index in [4.69, 9.17) is 9.84 Å². The first-order valence-electron chi connectivity index (χ1n) is 11.7. The van der Waals surface area contributed by atoms with Gasteiger partial charge in [-0.1, -0.05) is 97.3 Å². The molecule has 0 heterocycles. The van der Waals surface area contributed by atoms with Crippen LogP contribution in [0.2, 0.25) is 0 Å². The first kappa shape index (κ1) is 25.3. The molecule has 0 aliphatic rings. The number of rotatable bonds is 18. The minimum Gasteiger partial charge on any atom is -0.507 e. The fourth-order valence-electron chi connectivity index (χ4n) is 3.57. The fraction of sp³-hybridized carbons (Fsp3) is 0.720. The molecular weight excluding hydrogens is 364 g/mol. The lowest BCUT2D eigenvalue weighted by Gasteiger charge is -2.08. The summed E-state index contributed by atoms with van der Waals surface area (Å²) < 4.78 is 5.60. The number of ether oxygens (including phenoxy) is 1. The average Bonchev–Trinajstić information content (AvgIpc) is 2.68. The number of carboxylic acid groups (broad SMARTS) is 1. The van der Waals surface area contributed by atoms with Crippen LogP contribution < -0.4 is 4.74 Å². The zero-order valence-corrected chi connectivity index (χ0v) is 18.6. The second-order valence-electron chi connectivity index (χ2n) is 8.61. The molecule has 0 atom stereocenters. The van der Waals surface area contributed by atoms with Gasteiger partial charge in [0.2, 0.25) is 0 Å². The van der Waals surface area contributed by atoms with Crippen LogP contribution in [0.25, 0.3) is 0 Å². The molecule has 0 bridgehead atoms. The van der Waals surface area contributed by atoms with E-state index < -0.39 is 5.97 Å². The molecule has 4 nitrogen and oxygen atoms in total. The highest BCUT2D eigenvalue weighted by Gasteiger charge is 2.10. The Bertz CT molecular complexity index is 554. The minimum atomic E-state index is -1.14. The van der Waals surface area contributed by atoms with Crippen LogP contribution in [0.4, 0.5) is 0 Å². The molecule has 0 aliphatic carbocycles. The van der Waals surface area contributed by atoms with E-state index in [-0.39, 0.29) is 11.3 Å². The van der Waals surface area contributed by atoms with Gasteiger partial charge >= 0.3 is 5.97 Å². The van der Waals surface area contributed by atoms with Gasteiger partial charge in [0, 0.05) is 0 Å². The Morgan fingerprint density at radius 2 is 1.31 bits per heavy atom. The summed E-state index contributed by atoms with van der Waals surface area (Å²) in [5.74, 6) is -0.0185. The van der Waals surface area contributed by atoms with Crippen molar-refractivity contribution in [3.05, 3.63) is 23.8 Å². The first-order chi connectivity index (χ1) is 14.0. The molecule has 1 aromatic carbocycles. The third-order valence-electron chi connectivity index (χ3n) is 5.39. The van der Waals surface area contributed by atoms with Gasteiger partial charge in [0.25, 0.3) is 0 Å². The second kappa shape index (κ2) is 16.1. The number of aromatic carboxylic acids is 1. The summed E-state index contributed by atoms with van der Waals surface area (Å²) in [4.78, 5) is 11.0. The van der Waals surface area contributed by atoms with Gasteiger partial charge in [-0.3, -0.25) is 0 Å². The van der Waals surface area contributed by atoms with Crippen LogP contribution in [0.3, 0.4) is 0 Å². The normalized spacial score (nSPS) is 11.1. The van der Waals surface area contributed by atoms with E-state index in [1.165, 1.54) is 89.2 Å². The Morgan fingerprint density at radius 1 is 0.828 bits per heavy atom. The van der Waals surface area contributed by atoms with Crippen LogP contribution in [0.1, 0.15) is 114 Å². The number of aromatic hydroxyl groups is 1. The number of carboxylic acids is 1. The Kier molecular flexibility index (Phi) is 14.1. The molecule has 166 valence electrons. The maximum Gasteiger partial charge on any atom is 0.339 e. The van der Waals surface area contributed by atoms with Crippen LogP contribution in [0.5, 0.6) is 11.5 Å². The summed E-state index contributed by atoms with van der Waals surface area (Å²) in [7, 11) is 0. The number of benzene rings is 1. The number of phenols is 1. The summed E-state index contributed by atoms with van der Waals surface area (Å²) in [6.07, 6.45) is 18.5. The maximum absolute atomic E-state index is 11.0. The van der Waals surface area contributed by atoms with Gasteiger partial charge in [-0.2, -0.15) is 0 Å². The summed E-state index contributed by atoms with van der Waals surface area (Å²) in [6, 6.07) is 4.35. The monoisotopic (exact) mass is 406 g/mol. The molecule has 1 aromatic rings. The lowest BCUT2D eigenvalue weighted by molar-refractivity contribution is 0.0693. The van der Waals surface area contributed by atoms with Crippen molar-refractivity contribution in [2.75, 3.05) is 6.61 Å². The van der Waals surface area contributed by atoms with Crippen molar-refractivity contribution >= 4 is 5.97 Å². The van der Waals surface area contributed by atoms with Crippen molar-refractivity contribution in [3.8, 4) is 11.5 Å². The number of hydrogen-bond acceptors (Lipinski definition) is 3. The van der Waals surface area contributed by atoms with E-state index >= 15 is 0 Å². The zero-order chi connectivity index (χ0) is 21.3. The van der Waals surface area contributed by atoms with Gasteiger partial charge in [-0.15, -0.1) is 0 Å². The third-order valence-corrected chi connectivity index (χ3v) is 5.39. The molecule has 0 spiro atoms. The van der Waals surface area contributed by atoms with Gasteiger partial charge in [0.15, 0.2) is 0 Å². The summed E-state index contributed by atoms with van der Waals surface area (Å²) in [6.45, 7) is 5.20. The van der Waals surface area contributed by atoms with Gasteiger partial charge in [0.1, 0.15) is 17.1 Å². The van der Waals surface area contributed by atoms with E-state index in [1.54, 1.807) is 6.07 Å². The topological polar surface area (TPSA) is 66.8 Å². The van der Waals surface area contributed by atoms with E-state index in [0.717, 1.165) is 18.8 Å². The molecule has 4 heteroatoms. The molecule has 2 N–H and O–H groups in total. The van der Waals surface area contributed by atoms with Crippen LogP contribution in [0.15, 0.2) is 18.2 Å². The minimum absolute atomic E-state index is 0.117. The molecule has 0 fully saturated rings. The van der Waals surface area contributed by atoms with Crippen LogP contribution in [0, 0.1) is 5.92 Å². The van der Waals surface area contributed by atoms with Gasteiger partial charge in [0.05, 0.1) is 6.61 Å². The Labute approximate surface area is 177 Å². The molecule has 0 aromatic heterocycles. The lowest BCUT2D eigenvalue weighted by atomic mass is 10.0. The Hall–Kier alpha value is -1.71. The van der Waals surface area contributed by atoms with Crippen molar-refractivity contribution in [2.24, 2.45) is 5.92 Å². The number of unbranched alkanes of at least 4 members (excludes halogenated alkanes) is 12. The van der Waals surface area contributed by atoms with Crippen molar-refractivity contribution < 1.29 is 19.7 Å². The molecule has 0 saturated carbocycles. The van der Waals surface area contributed by atoms with E-state index in [0.29, 0.717) is 12.4 Å². The molecule has 0 unspecified atom stereocenters. The van der Waals surface area contributed by atoms with Gasteiger partial charge in [-0.25, -0.2) is 4.79 Å². The molecule has 0 saturated heterocycles. The van der Waals surface area contributed by atoms with E-state index in [2.05, 4.69) is 13.8 Å². The summed E-state index contributed by atoms with van der Waals surface area (Å²) in [5, 5.41) is 18.5. The SMILES string of the molecule is CC(C)CCCCCCCCCCCCCCCOc1ccc(O)c(C(=O)O)c1. The highest BCUT2D eigenvalue weighted by molar-refractivity contribution is 5.91. The molecule has 29 heavy (non-hydrogen) atoms. The van der Waals surface area contributed by atoms with Crippen molar-refractivity contribution in [1.29, 1.82) is 0 Å². The molecule has 0 amide bonds. The standard InChI is InChI=1S/C25H42O4/c1-21(2)16-14-12-10-8-6-4-3-5-7-9-11-13-15-19-29-22-17-18-24(26)23(20-22)25(27)28/h17-18,20-21,26H,3-16,19H2,1-2H3,(H,27,28). The summed E-state index contributed by atoms with van der Waals surface area (Å²) >= 11 is 0. The van der Waals surface area contributed by atoms with Crippen molar-refractivity contribution in [3.63, 3.8) is 0 Å². The van der Waals surface area contributed by atoms with Gasteiger partial charge < -0.3 is 14.9 Å². The smallest absolute Gasteiger partial charge is 0.339 e.